The standard InChI is InChI=1S/C24H28ClFN4O2/c1-12-4-6-24(2,3)22-19(12)14-8-13(9-16(26)21(14)29-22)20-15(25)10-27-23(30-20)28-17-5-7-32-11-18(17)31/h8-10,12,17-19,31H,4-7,11H2,1-3H3,(H,27,28,30)/t12?,17-,18-,19?/m1/s1. The van der Waals surface area contributed by atoms with E-state index in [1.165, 1.54) is 12.3 Å². The van der Waals surface area contributed by atoms with Gasteiger partial charge >= 0.3 is 0 Å². The molecule has 1 aromatic heterocycles. The lowest BCUT2D eigenvalue weighted by atomic mass is 9.65. The van der Waals surface area contributed by atoms with Gasteiger partial charge in [0, 0.05) is 29.2 Å². The third-order valence-corrected chi connectivity index (χ3v) is 7.38. The van der Waals surface area contributed by atoms with Gasteiger partial charge < -0.3 is 15.2 Å². The Labute approximate surface area is 192 Å². The highest BCUT2D eigenvalue weighted by atomic mass is 35.5. The number of ether oxygens (including phenoxy) is 1. The van der Waals surface area contributed by atoms with Crippen molar-refractivity contribution in [2.75, 3.05) is 18.5 Å². The van der Waals surface area contributed by atoms with Crippen LogP contribution in [0.5, 0.6) is 0 Å². The van der Waals surface area contributed by atoms with E-state index in [9.17, 15) is 5.11 Å². The van der Waals surface area contributed by atoms with E-state index in [0.717, 1.165) is 24.1 Å². The molecular formula is C24H28ClFN4O2. The molecule has 8 heteroatoms. The van der Waals surface area contributed by atoms with E-state index in [2.05, 4.69) is 36.1 Å². The molecule has 5 rings (SSSR count). The van der Waals surface area contributed by atoms with Crippen LogP contribution < -0.4 is 5.32 Å². The van der Waals surface area contributed by atoms with E-state index >= 15 is 4.39 Å². The first-order valence-electron chi connectivity index (χ1n) is 11.2. The molecule has 2 unspecified atom stereocenters. The molecule has 0 spiro atoms. The van der Waals surface area contributed by atoms with Crippen molar-refractivity contribution in [2.45, 2.75) is 58.1 Å². The van der Waals surface area contributed by atoms with E-state index in [0.29, 0.717) is 46.9 Å². The summed E-state index contributed by atoms with van der Waals surface area (Å²) in [7, 11) is 0. The summed E-state index contributed by atoms with van der Waals surface area (Å²) < 4.78 is 20.5. The average Bonchev–Trinajstić information content (AvgIpc) is 3.16. The van der Waals surface area contributed by atoms with E-state index < -0.39 is 6.10 Å². The largest absolute Gasteiger partial charge is 0.389 e. The highest BCUT2D eigenvalue weighted by Gasteiger charge is 2.44. The smallest absolute Gasteiger partial charge is 0.223 e. The van der Waals surface area contributed by atoms with Crippen molar-refractivity contribution >= 4 is 28.9 Å². The summed E-state index contributed by atoms with van der Waals surface area (Å²) in [4.78, 5) is 13.6. The number of halogens is 2. The van der Waals surface area contributed by atoms with E-state index in [4.69, 9.17) is 21.3 Å². The molecule has 0 radical (unpaired) electrons. The lowest BCUT2D eigenvalue weighted by Crippen LogP contribution is -2.42. The maximum Gasteiger partial charge on any atom is 0.223 e. The Morgan fingerprint density at radius 1 is 1.28 bits per heavy atom. The van der Waals surface area contributed by atoms with Crippen LogP contribution in [-0.2, 0) is 4.74 Å². The fourth-order valence-electron chi connectivity index (χ4n) is 5.18. The van der Waals surface area contributed by atoms with E-state index in [1.54, 1.807) is 0 Å². The molecule has 32 heavy (non-hydrogen) atoms. The number of fused-ring (bicyclic) bond motifs is 3. The van der Waals surface area contributed by atoms with Gasteiger partial charge in [-0.2, -0.15) is 0 Å². The summed E-state index contributed by atoms with van der Waals surface area (Å²) in [6.07, 6.45) is 3.65. The third kappa shape index (κ3) is 3.70. The van der Waals surface area contributed by atoms with Gasteiger partial charge in [0.25, 0.3) is 0 Å². The minimum absolute atomic E-state index is 0.0446. The molecule has 1 saturated heterocycles. The van der Waals surface area contributed by atoms with Gasteiger partial charge in [-0.3, -0.25) is 4.99 Å². The second-order valence-electron chi connectivity index (χ2n) is 9.84. The number of benzene rings is 1. The van der Waals surface area contributed by atoms with Gasteiger partial charge in [-0.1, -0.05) is 32.4 Å². The van der Waals surface area contributed by atoms with Gasteiger partial charge in [0.2, 0.25) is 5.95 Å². The second-order valence-corrected chi connectivity index (χ2v) is 10.2. The first kappa shape index (κ1) is 21.7. The average molecular weight is 459 g/mol. The Kier molecular flexibility index (Phi) is 5.47. The minimum Gasteiger partial charge on any atom is -0.389 e. The number of rotatable bonds is 3. The van der Waals surface area contributed by atoms with Crippen molar-refractivity contribution in [3.63, 3.8) is 0 Å². The zero-order chi connectivity index (χ0) is 22.6. The number of aliphatic hydroxyl groups excluding tert-OH is 1. The van der Waals surface area contributed by atoms with E-state index in [-0.39, 0.29) is 29.8 Å². The normalized spacial score (nSPS) is 28.6. The zero-order valence-corrected chi connectivity index (χ0v) is 19.3. The monoisotopic (exact) mass is 458 g/mol. The molecule has 1 saturated carbocycles. The second kappa shape index (κ2) is 8.04. The number of hydrogen-bond donors (Lipinski definition) is 2. The Hall–Kier alpha value is -2.09. The van der Waals surface area contributed by atoms with Crippen molar-refractivity contribution in [1.29, 1.82) is 0 Å². The van der Waals surface area contributed by atoms with Crippen LogP contribution in [0, 0.1) is 17.2 Å². The Morgan fingerprint density at radius 3 is 2.88 bits per heavy atom. The minimum atomic E-state index is -0.643. The molecule has 1 aromatic carbocycles. The quantitative estimate of drug-likeness (QED) is 0.667. The Balaban J connectivity index is 1.51. The van der Waals surface area contributed by atoms with Crippen molar-refractivity contribution in [3.05, 3.63) is 34.7 Å². The first-order valence-corrected chi connectivity index (χ1v) is 11.6. The van der Waals surface area contributed by atoms with Crippen molar-refractivity contribution in [2.24, 2.45) is 16.3 Å². The summed E-state index contributed by atoms with van der Waals surface area (Å²) in [6.45, 7) is 7.43. The molecular weight excluding hydrogens is 431 g/mol. The van der Waals surface area contributed by atoms with Gasteiger partial charge in [-0.05, 0) is 42.9 Å². The molecule has 4 atom stereocenters. The van der Waals surface area contributed by atoms with Crippen LogP contribution in [0.4, 0.5) is 16.0 Å². The molecule has 3 heterocycles. The topological polar surface area (TPSA) is 79.6 Å². The number of anilines is 1. The van der Waals surface area contributed by atoms with Gasteiger partial charge in [-0.25, -0.2) is 14.4 Å². The summed E-state index contributed by atoms with van der Waals surface area (Å²) in [5.41, 5.74) is 3.47. The maximum absolute atomic E-state index is 15.3. The lowest BCUT2D eigenvalue weighted by Gasteiger charge is -2.38. The number of aromatic nitrogens is 2. The first-order chi connectivity index (χ1) is 15.2. The molecule has 2 aliphatic heterocycles. The number of hydrogen-bond acceptors (Lipinski definition) is 6. The van der Waals surface area contributed by atoms with Crippen LogP contribution in [0.2, 0.25) is 5.02 Å². The summed E-state index contributed by atoms with van der Waals surface area (Å²) in [5, 5.41) is 13.7. The number of nitrogens with zero attached hydrogens (tertiary/aromatic N) is 3. The predicted octanol–water partition coefficient (Wildman–Crippen LogP) is 5.12. The molecule has 170 valence electrons. The SMILES string of the molecule is CC1CCC(C)(C)C2=Nc3c(F)cc(-c4nc(N[C@@H]5CCOC[C@H]5O)ncc4Cl)cc3C21. The van der Waals surface area contributed by atoms with Crippen LogP contribution in [0.15, 0.2) is 23.3 Å². The summed E-state index contributed by atoms with van der Waals surface area (Å²) >= 11 is 6.44. The number of aliphatic imine (C=N–C) groups is 1. The van der Waals surface area contributed by atoms with Crippen LogP contribution in [0.3, 0.4) is 0 Å². The molecule has 2 N–H and O–H groups in total. The lowest BCUT2D eigenvalue weighted by molar-refractivity contribution is -0.0136. The molecule has 3 aliphatic rings. The molecule has 0 bridgehead atoms. The van der Waals surface area contributed by atoms with Gasteiger partial charge in [0.15, 0.2) is 0 Å². The van der Waals surface area contributed by atoms with Gasteiger partial charge in [0.05, 0.1) is 35.7 Å². The van der Waals surface area contributed by atoms with Crippen LogP contribution >= 0.6 is 11.6 Å². The zero-order valence-electron chi connectivity index (χ0n) is 18.5. The highest BCUT2D eigenvalue weighted by Crippen LogP contribution is 2.53. The molecule has 1 aliphatic carbocycles. The van der Waals surface area contributed by atoms with Crippen molar-refractivity contribution in [1.82, 2.24) is 9.97 Å². The fourth-order valence-corrected chi connectivity index (χ4v) is 5.38. The highest BCUT2D eigenvalue weighted by molar-refractivity contribution is 6.33. The van der Waals surface area contributed by atoms with Gasteiger partial charge in [0.1, 0.15) is 11.5 Å². The van der Waals surface area contributed by atoms with Crippen molar-refractivity contribution < 1.29 is 14.2 Å². The number of nitrogens with one attached hydrogen (secondary N) is 1. The predicted molar refractivity (Wildman–Crippen MR) is 123 cm³/mol. The van der Waals surface area contributed by atoms with Crippen molar-refractivity contribution in [3.8, 4) is 11.3 Å². The summed E-state index contributed by atoms with van der Waals surface area (Å²) in [6, 6.07) is 3.23. The molecule has 2 fully saturated rings. The summed E-state index contributed by atoms with van der Waals surface area (Å²) in [5.74, 6) is 0.497. The van der Waals surface area contributed by atoms with Crippen LogP contribution in [0.25, 0.3) is 11.3 Å². The van der Waals surface area contributed by atoms with Gasteiger partial charge in [-0.15, -0.1) is 0 Å². The molecule has 6 nitrogen and oxygen atoms in total. The maximum atomic E-state index is 15.3. The molecule has 0 amide bonds. The Morgan fingerprint density at radius 2 is 2.09 bits per heavy atom. The molecule has 2 aromatic rings. The number of aliphatic hydroxyl groups is 1. The van der Waals surface area contributed by atoms with Crippen LogP contribution in [-0.4, -0.2) is 46.1 Å². The Bertz CT molecular complexity index is 1090. The third-order valence-electron chi connectivity index (χ3n) is 7.10. The van der Waals surface area contributed by atoms with E-state index in [1.807, 2.05) is 6.07 Å². The fraction of sp³-hybridized carbons (Fsp3) is 0.542. The van der Waals surface area contributed by atoms with Crippen LogP contribution in [0.1, 0.15) is 51.5 Å².